The van der Waals surface area contributed by atoms with Crippen LogP contribution < -0.4 is 4.90 Å². The molecule has 39 heavy (non-hydrogen) atoms. The largest absolute Gasteiger partial charge is 0.313 e. The zero-order valence-corrected chi connectivity index (χ0v) is 21.3. The molecular weight excluding hydrogens is 474 g/mol. The van der Waals surface area contributed by atoms with Crippen molar-refractivity contribution in [3.8, 4) is 22.5 Å². The first kappa shape index (κ1) is 22.0. The number of aromatic nitrogens is 2. The highest BCUT2D eigenvalue weighted by Crippen LogP contribution is 2.53. The number of fused-ring (bicyclic) bond motifs is 6. The number of nitrogens with zero attached hydrogens (tertiary/aromatic N) is 3. The van der Waals surface area contributed by atoms with Crippen LogP contribution >= 0.6 is 0 Å². The highest BCUT2D eigenvalue weighted by atomic mass is 15.2. The van der Waals surface area contributed by atoms with Gasteiger partial charge in [-0.1, -0.05) is 109 Å². The molecule has 1 aliphatic carbocycles. The van der Waals surface area contributed by atoms with Crippen LogP contribution in [0, 0.1) is 0 Å². The lowest BCUT2D eigenvalue weighted by atomic mass is 9.91. The van der Waals surface area contributed by atoms with Gasteiger partial charge in [0.05, 0.1) is 28.1 Å². The Morgan fingerprint density at radius 1 is 0.641 bits per heavy atom. The number of rotatable bonds is 3. The molecule has 3 nitrogen and oxygen atoms in total. The third-order valence-electron chi connectivity index (χ3n) is 7.92. The lowest BCUT2D eigenvalue weighted by Crippen LogP contribution is -2.15. The lowest BCUT2D eigenvalue weighted by molar-refractivity contribution is 0.820. The Bertz CT molecular complexity index is 1940. The van der Waals surface area contributed by atoms with E-state index in [1.165, 1.54) is 27.7 Å². The molecule has 184 valence electrons. The summed E-state index contributed by atoms with van der Waals surface area (Å²) in [4.78, 5) is 12.9. The van der Waals surface area contributed by atoms with Crippen LogP contribution in [0.15, 0.2) is 139 Å². The van der Waals surface area contributed by atoms with Crippen LogP contribution in [0.5, 0.6) is 0 Å². The molecule has 0 fully saturated rings. The molecule has 3 heteroatoms. The van der Waals surface area contributed by atoms with Gasteiger partial charge in [-0.05, 0) is 41.6 Å². The molecular formula is C36H25N3. The maximum absolute atomic E-state index is 5.25. The maximum Gasteiger partial charge on any atom is 0.0973 e. The topological polar surface area (TPSA) is 29.0 Å². The third-order valence-corrected chi connectivity index (χ3v) is 7.92. The summed E-state index contributed by atoms with van der Waals surface area (Å²) >= 11 is 0. The van der Waals surface area contributed by atoms with Crippen molar-refractivity contribution in [2.24, 2.45) is 0 Å². The van der Waals surface area contributed by atoms with Gasteiger partial charge in [-0.15, -0.1) is 0 Å². The molecule has 0 bridgehead atoms. The minimum absolute atomic E-state index is 0.358. The SMILES string of the molecule is C1=CCC2C(=C1)N(c1ccc3nc(-c4ccccc4)c(-c4ccccc4)nc3c1)c1c2ccc2ccccc12. The number of benzene rings is 5. The molecule has 1 unspecified atom stereocenters. The smallest absolute Gasteiger partial charge is 0.0973 e. The lowest BCUT2D eigenvalue weighted by Gasteiger charge is -2.25. The van der Waals surface area contributed by atoms with Gasteiger partial charge in [-0.25, -0.2) is 9.97 Å². The maximum atomic E-state index is 5.25. The van der Waals surface area contributed by atoms with Crippen LogP contribution in [-0.2, 0) is 0 Å². The van der Waals surface area contributed by atoms with Gasteiger partial charge in [0.1, 0.15) is 0 Å². The average molecular weight is 500 g/mol. The van der Waals surface area contributed by atoms with Crippen LogP contribution in [-0.4, -0.2) is 9.97 Å². The van der Waals surface area contributed by atoms with E-state index in [1.54, 1.807) is 0 Å². The Labute approximate surface area is 227 Å². The Morgan fingerprint density at radius 3 is 2.10 bits per heavy atom. The summed E-state index contributed by atoms with van der Waals surface area (Å²) in [7, 11) is 0. The molecule has 2 aliphatic rings. The van der Waals surface area contributed by atoms with E-state index in [9.17, 15) is 0 Å². The molecule has 0 saturated carbocycles. The second kappa shape index (κ2) is 8.78. The summed E-state index contributed by atoms with van der Waals surface area (Å²) in [5.41, 5.74) is 10.8. The molecule has 0 amide bonds. The predicted molar refractivity (Wildman–Crippen MR) is 161 cm³/mol. The van der Waals surface area contributed by atoms with E-state index >= 15 is 0 Å². The van der Waals surface area contributed by atoms with Gasteiger partial charge < -0.3 is 4.90 Å². The molecule has 0 spiro atoms. The summed E-state index contributed by atoms with van der Waals surface area (Å²) in [6.07, 6.45) is 7.75. The average Bonchev–Trinajstić information content (AvgIpc) is 3.36. The molecule has 0 saturated heterocycles. The fraction of sp³-hybridized carbons (Fsp3) is 0.0556. The molecule has 0 radical (unpaired) electrons. The molecule has 6 aromatic rings. The third kappa shape index (κ3) is 3.51. The molecule has 8 rings (SSSR count). The first-order valence-corrected chi connectivity index (χ1v) is 13.5. The van der Waals surface area contributed by atoms with Gasteiger partial charge in [-0.3, -0.25) is 0 Å². The molecule has 1 aromatic heterocycles. The summed E-state index contributed by atoms with van der Waals surface area (Å²) < 4.78 is 0. The Kier molecular flexibility index (Phi) is 4.95. The zero-order chi connectivity index (χ0) is 25.8. The van der Waals surface area contributed by atoms with E-state index in [2.05, 4.69) is 126 Å². The fourth-order valence-electron chi connectivity index (χ4n) is 6.12. The van der Waals surface area contributed by atoms with E-state index < -0.39 is 0 Å². The first-order chi connectivity index (χ1) is 19.3. The molecule has 0 N–H and O–H groups in total. The Morgan fingerprint density at radius 2 is 1.33 bits per heavy atom. The van der Waals surface area contributed by atoms with Crippen LogP contribution in [0.2, 0.25) is 0 Å². The Balaban J connectivity index is 1.36. The van der Waals surface area contributed by atoms with Crippen molar-refractivity contribution in [1.82, 2.24) is 9.97 Å². The second-order valence-corrected chi connectivity index (χ2v) is 10.2. The summed E-state index contributed by atoms with van der Waals surface area (Å²) in [5.74, 6) is 0.358. The standard InChI is InChI=1S/C36H25N3/c1-3-12-25(13-4-1)34-35(26-14-5-2-6-15-26)38-32-23-27(20-22-31(32)37-34)39-33-18-10-9-17-29(33)30-21-19-24-11-7-8-16-28(24)36(30)39/h1-16,18-23,29H,17H2. The van der Waals surface area contributed by atoms with Crippen molar-refractivity contribution in [1.29, 1.82) is 0 Å². The van der Waals surface area contributed by atoms with Gasteiger partial charge in [0.25, 0.3) is 0 Å². The van der Waals surface area contributed by atoms with E-state index in [-0.39, 0.29) is 0 Å². The summed E-state index contributed by atoms with van der Waals surface area (Å²) in [6.45, 7) is 0. The molecule has 1 aliphatic heterocycles. The minimum Gasteiger partial charge on any atom is -0.313 e. The molecule has 5 aromatic carbocycles. The summed E-state index contributed by atoms with van der Waals surface area (Å²) in [5, 5.41) is 2.54. The normalized spacial score (nSPS) is 15.8. The van der Waals surface area contributed by atoms with Crippen molar-refractivity contribution in [3.63, 3.8) is 0 Å². The summed E-state index contributed by atoms with van der Waals surface area (Å²) in [6, 6.07) is 40.5. The number of hydrogen-bond donors (Lipinski definition) is 0. The van der Waals surface area contributed by atoms with Gasteiger partial charge in [-0.2, -0.15) is 0 Å². The van der Waals surface area contributed by atoms with Crippen molar-refractivity contribution in [2.75, 3.05) is 4.90 Å². The quantitative estimate of drug-likeness (QED) is 0.243. The van der Waals surface area contributed by atoms with E-state index in [4.69, 9.17) is 9.97 Å². The Hall–Kier alpha value is -5.02. The van der Waals surface area contributed by atoms with Crippen molar-refractivity contribution >= 4 is 33.2 Å². The van der Waals surface area contributed by atoms with Crippen molar-refractivity contribution in [2.45, 2.75) is 12.3 Å². The highest BCUT2D eigenvalue weighted by Gasteiger charge is 2.36. The van der Waals surface area contributed by atoms with Gasteiger partial charge >= 0.3 is 0 Å². The van der Waals surface area contributed by atoms with E-state index in [0.717, 1.165) is 45.7 Å². The van der Waals surface area contributed by atoms with Gasteiger partial charge in [0.15, 0.2) is 0 Å². The van der Waals surface area contributed by atoms with Gasteiger partial charge in [0.2, 0.25) is 0 Å². The van der Waals surface area contributed by atoms with Crippen LogP contribution in [0.4, 0.5) is 11.4 Å². The number of hydrogen-bond acceptors (Lipinski definition) is 3. The molecule has 1 atom stereocenters. The van der Waals surface area contributed by atoms with Crippen molar-refractivity contribution in [3.05, 3.63) is 145 Å². The van der Waals surface area contributed by atoms with Crippen molar-refractivity contribution < 1.29 is 0 Å². The molecule has 2 heterocycles. The first-order valence-electron chi connectivity index (χ1n) is 13.5. The second-order valence-electron chi connectivity index (χ2n) is 10.2. The minimum atomic E-state index is 0.358. The van der Waals surface area contributed by atoms with Crippen LogP contribution in [0.25, 0.3) is 44.3 Å². The van der Waals surface area contributed by atoms with Crippen LogP contribution in [0.3, 0.4) is 0 Å². The predicted octanol–water partition coefficient (Wildman–Crippen LogP) is 9.20. The fourth-order valence-corrected chi connectivity index (χ4v) is 6.12. The van der Waals surface area contributed by atoms with Crippen LogP contribution in [0.1, 0.15) is 17.9 Å². The monoisotopic (exact) mass is 499 g/mol. The number of anilines is 2. The van der Waals surface area contributed by atoms with E-state index in [1.807, 2.05) is 12.1 Å². The van der Waals surface area contributed by atoms with Gasteiger partial charge in [0, 0.05) is 33.8 Å². The van der Waals surface area contributed by atoms with E-state index in [0.29, 0.717) is 5.92 Å². The number of allylic oxidation sites excluding steroid dienone is 4. The zero-order valence-electron chi connectivity index (χ0n) is 21.3. The highest BCUT2D eigenvalue weighted by molar-refractivity contribution is 6.02.